The molecule has 0 fully saturated rings. The van der Waals surface area contributed by atoms with Crippen molar-refractivity contribution < 1.29 is 18.1 Å². The van der Waals surface area contributed by atoms with Crippen LogP contribution < -0.4 is 0 Å². The first kappa shape index (κ1) is 17.1. The predicted octanol–water partition coefficient (Wildman–Crippen LogP) is 2.13. The summed E-state index contributed by atoms with van der Waals surface area (Å²) in [6.07, 6.45) is 1.43. The predicted molar refractivity (Wildman–Crippen MR) is 76.8 cm³/mol. The van der Waals surface area contributed by atoms with E-state index in [0.29, 0.717) is 11.3 Å². The lowest BCUT2D eigenvalue weighted by atomic mass is 10.6. The first-order valence-corrected chi connectivity index (χ1v) is 8.01. The van der Waals surface area contributed by atoms with Gasteiger partial charge in [0, 0.05) is 26.3 Å². The number of nitrogens with zero attached hydrogens (tertiary/aromatic N) is 2. The molecule has 0 aliphatic carbocycles. The van der Waals surface area contributed by atoms with E-state index in [4.69, 9.17) is 16.3 Å². The molecule has 0 aromatic carbocycles. The molecule has 1 aromatic rings. The second-order valence-electron chi connectivity index (χ2n) is 3.63. The monoisotopic (exact) mass is 340 g/mol. The summed E-state index contributed by atoms with van der Waals surface area (Å²) in [6.45, 7) is 3.89. The fraction of sp³-hybridized carbons (Fsp3) is 0.400. The van der Waals surface area contributed by atoms with E-state index >= 15 is 0 Å². The third kappa shape index (κ3) is 3.76. The van der Waals surface area contributed by atoms with Gasteiger partial charge in [-0.25, -0.2) is 8.42 Å². The van der Waals surface area contributed by atoms with Crippen LogP contribution >= 0.6 is 22.9 Å². The van der Waals surface area contributed by atoms with Crippen molar-refractivity contribution in [1.29, 1.82) is 0 Å². The third-order valence-corrected chi connectivity index (χ3v) is 5.97. The lowest BCUT2D eigenvalue weighted by molar-refractivity contribution is -0.384. The molecule has 0 amide bonds. The summed E-state index contributed by atoms with van der Waals surface area (Å²) >= 11 is 6.34. The molecule has 7 nitrogen and oxygen atoms in total. The Hall–Kier alpha value is -1.000. The Bertz CT molecular complexity index is 599. The molecule has 0 spiro atoms. The summed E-state index contributed by atoms with van der Waals surface area (Å²) in [7, 11) is -2.41. The summed E-state index contributed by atoms with van der Waals surface area (Å²) in [5, 5.41) is 10.7. The van der Waals surface area contributed by atoms with Crippen LogP contribution in [0.2, 0.25) is 4.34 Å². The van der Waals surface area contributed by atoms with Crippen LogP contribution in [-0.4, -0.2) is 44.5 Å². The minimum Gasteiger partial charge on any atom is -0.383 e. The van der Waals surface area contributed by atoms with Crippen molar-refractivity contribution in [3.63, 3.8) is 0 Å². The number of nitro groups is 1. The summed E-state index contributed by atoms with van der Waals surface area (Å²) in [5.41, 5.74) is -0.416. The Morgan fingerprint density at radius 3 is 2.75 bits per heavy atom. The zero-order valence-corrected chi connectivity index (χ0v) is 13.0. The molecule has 1 heterocycles. The highest BCUT2D eigenvalue weighted by atomic mass is 35.5. The Morgan fingerprint density at radius 1 is 1.65 bits per heavy atom. The molecule has 0 saturated carbocycles. The van der Waals surface area contributed by atoms with E-state index in [-0.39, 0.29) is 28.2 Å². The first-order valence-electron chi connectivity index (χ1n) is 5.38. The molecule has 0 radical (unpaired) electrons. The van der Waals surface area contributed by atoms with Crippen molar-refractivity contribution in [2.24, 2.45) is 0 Å². The van der Waals surface area contributed by atoms with E-state index in [9.17, 15) is 18.5 Å². The summed E-state index contributed by atoms with van der Waals surface area (Å²) in [5.74, 6) is 0. The number of hydrogen-bond donors (Lipinski definition) is 0. The lowest BCUT2D eigenvalue weighted by Crippen LogP contribution is -2.33. The van der Waals surface area contributed by atoms with Crippen molar-refractivity contribution in [2.45, 2.75) is 4.21 Å². The van der Waals surface area contributed by atoms with E-state index in [1.165, 1.54) is 13.2 Å². The van der Waals surface area contributed by atoms with Gasteiger partial charge in [-0.15, -0.1) is 17.9 Å². The van der Waals surface area contributed by atoms with Crippen LogP contribution in [0.25, 0.3) is 0 Å². The molecule has 0 unspecified atom stereocenters. The van der Waals surface area contributed by atoms with Crippen LogP contribution in [0.15, 0.2) is 22.9 Å². The Kier molecular flexibility index (Phi) is 6.08. The minimum atomic E-state index is -3.86. The summed E-state index contributed by atoms with van der Waals surface area (Å²) in [6, 6.07) is 0.964. The average molecular weight is 341 g/mol. The van der Waals surface area contributed by atoms with Crippen LogP contribution in [0.3, 0.4) is 0 Å². The molecule has 0 aliphatic rings. The van der Waals surface area contributed by atoms with E-state index < -0.39 is 20.6 Å². The number of ether oxygens (including phenoxy) is 1. The van der Waals surface area contributed by atoms with Gasteiger partial charge in [-0.3, -0.25) is 10.1 Å². The van der Waals surface area contributed by atoms with Crippen LogP contribution in [0.5, 0.6) is 0 Å². The van der Waals surface area contributed by atoms with Crippen molar-refractivity contribution in [1.82, 2.24) is 4.31 Å². The van der Waals surface area contributed by atoms with E-state index in [0.717, 1.165) is 10.4 Å². The molecular weight excluding hydrogens is 328 g/mol. The van der Waals surface area contributed by atoms with E-state index in [1.54, 1.807) is 0 Å². The maximum absolute atomic E-state index is 12.4. The maximum atomic E-state index is 12.4. The average Bonchev–Trinajstić information content (AvgIpc) is 2.77. The normalized spacial score (nSPS) is 11.8. The number of sulfonamides is 1. The highest BCUT2D eigenvalue weighted by molar-refractivity contribution is 7.91. The second kappa shape index (κ2) is 7.14. The minimum absolute atomic E-state index is 0.0784. The number of halogens is 1. The zero-order chi connectivity index (χ0) is 15.3. The smallest absolute Gasteiger partial charge is 0.300 e. The zero-order valence-electron chi connectivity index (χ0n) is 10.6. The topological polar surface area (TPSA) is 89.8 Å². The molecule has 112 valence electrons. The molecular formula is C10H13ClN2O5S2. The van der Waals surface area contributed by atoms with Crippen LogP contribution in [0.4, 0.5) is 5.69 Å². The largest absolute Gasteiger partial charge is 0.383 e. The standard InChI is InChI=1S/C10H13ClN2O5S2/c1-3-4-12(5-6-18-2)20(16,17)9-7-8(13(14)15)10(11)19-9/h3,7H,1,4-6H2,2H3. The third-order valence-electron chi connectivity index (χ3n) is 2.31. The highest BCUT2D eigenvalue weighted by Gasteiger charge is 2.29. The van der Waals surface area contributed by atoms with Gasteiger partial charge >= 0.3 is 0 Å². The van der Waals surface area contributed by atoms with Gasteiger partial charge in [-0.05, 0) is 0 Å². The molecule has 20 heavy (non-hydrogen) atoms. The van der Waals surface area contributed by atoms with Gasteiger partial charge < -0.3 is 4.74 Å². The summed E-state index contributed by atoms with van der Waals surface area (Å²) < 4.78 is 30.4. The van der Waals surface area contributed by atoms with Crippen LogP contribution in [0, 0.1) is 10.1 Å². The number of thiophene rings is 1. The van der Waals surface area contributed by atoms with Gasteiger partial charge in [0.1, 0.15) is 4.21 Å². The molecule has 10 heteroatoms. The van der Waals surface area contributed by atoms with Gasteiger partial charge in [-0.1, -0.05) is 17.7 Å². The van der Waals surface area contributed by atoms with Gasteiger partial charge in [0.05, 0.1) is 11.5 Å². The number of rotatable bonds is 8. The van der Waals surface area contributed by atoms with Crippen molar-refractivity contribution >= 4 is 38.6 Å². The fourth-order valence-electron chi connectivity index (χ4n) is 1.36. The molecule has 1 rings (SSSR count). The molecule has 1 aromatic heterocycles. The van der Waals surface area contributed by atoms with Gasteiger partial charge in [0.2, 0.25) is 0 Å². The van der Waals surface area contributed by atoms with Gasteiger partial charge in [0.15, 0.2) is 4.34 Å². The highest BCUT2D eigenvalue weighted by Crippen LogP contribution is 2.37. The molecule has 0 N–H and O–H groups in total. The van der Waals surface area contributed by atoms with Crippen molar-refractivity contribution in [2.75, 3.05) is 26.8 Å². The molecule has 0 aliphatic heterocycles. The quantitative estimate of drug-likeness (QED) is 0.411. The second-order valence-corrected chi connectivity index (χ2v) is 7.45. The van der Waals surface area contributed by atoms with Gasteiger partial charge in [-0.2, -0.15) is 4.31 Å². The van der Waals surface area contributed by atoms with E-state index in [2.05, 4.69) is 6.58 Å². The Balaban J connectivity index is 3.15. The lowest BCUT2D eigenvalue weighted by Gasteiger charge is -2.18. The van der Waals surface area contributed by atoms with Crippen molar-refractivity contribution in [3.8, 4) is 0 Å². The number of hydrogen-bond acceptors (Lipinski definition) is 6. The van der Waals surface area contributed by atoms with E-state index in [1.807, 2.05) is 0 Å². The van der Waals surface area contributed by atoms with Crippen LogP contribution in [-0.2, 0) is 14.8 Å². The molecule has 0 atom stereocenters. The van der Waals surface area contributed by atoms with Crippen molar-refractivity contribution in [3.05, 3.63) is 33.2 Å². The van der Waals surface area contributed by atoms with Crippen LogP contribution in [0.1, 0.15) is 0 Å². The molecule has 0 saturated heterocycles. The Morgan fingerprint density at radius 2 is 2.30 bits per heavy atom. The van der Waals surface area contributed by atoms with Gasteiger partial charge in [0.25, 0.3) is 15.7 Å². The maximum Gasteiger partial charge on any atom is 0.300 e. The summed E-state index contributed by atoms with van der Waals surface area (Å²) in [4.78, 5) is 10.00. The molecule has 0 bridgehead atoms. The SMILES string of the molecule is C=CCN(CCOC)S(=O)(=O)c1cc([N+](=O)[O-])c(Cl)s1. The number of methoxy groups -OCH3 is 1. The Labute approximate surface area is 125 Å². The fourth-order valence-corrected chi connectivity index (χ4v) is 4.58. The first-order chi connectivity index (χ1) is 9.34.